The first-order chi connectivity index (χ1) is 19.0. The molecular formula is C31H50N7O+. The van der Waals surface area contributed by atoms with Gasteiger partial charge in [0.05, 0.1) is 25.3 Å². The Balaban J connectivity index is 1.24. The zero-order chi connectivity index (χ0) is 27.0. The lowest BCUT2D eigenvalue weighted by molar-refractivity contribution is -0.964. The third-order valence-corrected chi connectivity index (χ3v) is 10.3. The third kappa shape index (κ3) is 5.19. The molecule has 0 bridgehead atoms. The van der Waals surface area contributed by atoms with E-state index in [0.717, 1.165) is 67.2 Å². The van der Waals surface area contributed by atoms with Crippen molar-refractivity contribution in [2.24, 2.45) is 5.92 Å². The van der Waals surface area contributed by atoms with Crippen molar-refractivity contribution in [3.05, 3.63) is 23.5 Å². The molecule has 0 aromatic carbocycles. The van der Waals surface area contributed by atoms with Crippen molar-refractivity contribution < 1.29 is 9.39 Å². The Kier molecular flexibility index (Phi) is 7.86. The lowest BCUT2D eigenvalue weighted by atomic mass is 9.80. The predicted molar refractivity (Wildman–Crippen MR) is 155 cm³/mol. The third-order valence-electron chi connectivity index (χ3n) is 10.3. The van der Waals surface area contributed by atoms with Crippen LogP contribution in [0.15, 0.2) is 12.3 Å². The number of unbranched alkanes of at least 4 members (excludes halogenated alkanes) is 3. The normalized spacial score (nSPS) is 31.3. The van der Waals surface area contributed by atoms with Gasteiger partial charge >= 0.3 is 0 Å². The minimum atomic E-state index is -0.0776. The van der Waals surface area contributed by atoms with Gasteiger partial charge in [0.1, 0.15) is 17.9 Å². The van der Waals surface area contributed by atoms with Gasteiger partial charge < -0.3 is 9.80 Å². The van der Waals surface area contributed by atoms with Crippen LogP contribution in [0.1, 0.15) is 108 Å². The molecule has 8 heteroatoms. The molecule has 5 unspecified atom stereocenters. The standard InChI is InChI=1S/C31H50N7O/c1-4-5-6-13-20-38(3)27-16-8-7-14-24(27)29(34-38)31(39)36-19-10-9-15-26(36)25-21-28-32-30(35-17-11-12-18-35)23(2)22-37(28)33-25/h21-22,24,26-27,29,34H,4-20H2,1-3H3/q+1. The van der Waals surface area contributed by atoms with Gasteiger partial charge in [0.2, 0.25) is 5.91 Å². The van der Waals surface area contributed by atoms with Crippen LogP contribution in [0, 0.1) is 12.8 Å². The van der Waals surface area contributed by atoms with E-state index < -0.39 is 0 Å². The average molecular weight is 537 g/mol. The largest absolute Gasteiger partial charge is 0.356 e. The maximum atomic E-state index is 14.4. The summed E-state index contributed by atoms with van der Waals surface area (Å²) >= 11 is 0. The molecule has 8 nitrogen and oxygen atoms in total. The number of aromatic nitrogens is 3. The predicted octanol–water partition coefficient (Wildman–Crippen LogP) is 5.16. The summed E-state index contributed by atoms with van der Waals surface area (Å²) in [7, 11) is 2.37. The van der Waals surface area contributed by atoms with Gasteiger partial charge in [0.15, 0.2) is 5.65 Å². The molecule has 5 atom stereocenters. The Morgan fingerprint density at radius 2 is 1.79 bits per heavy atom. The van der Waals surface area contributed by atoms with Crippen molar-refractivity contribution in [1.29, 1.82) is 0 Å². The Bertz CT molecular complexity index is 1160. The zero-order valence-corrected chi connectivity index (χ0v) is 24.6. The second kappa shape index (κ2) is 11.4. The van der Waals surface area contributed by atoms with E-state index in [1.165, 1.54) is 69.8 Å². The highest BCUT2D eigenvalue weighted by Crippen LogP contribution is 2.41. The van der Waals surface area contributed by atoms with Crippen molar-refractivity contribution in [2.75, 3.05) is 38.1 Å². The zero-order valence-electron chi connectivity index (χ0n) is 24.6. The number of piperidine rings is 1. The Hall–Kier alpha value is -2.19. The molecule has 5 heterocycles. The number of amides is 1. The van der Waals surface area contributed by atoms with Gasteiger partial charge in [-0.05, 0) is 64.7 Å². The van der Waals surface area contributed by atoms with Crippen LogP contribution in [0.2, 0.25) is 0 Å². The van der Waals surface area contributed by atoms with Crippen molar-refractivity contribution >= 4 is 17.4 Å². The molecule has 3 aliphatic heterocycles. The van der Waals surface area contributed by atoms with Crippen LogP contribution in [0.25, 0.3) is 5.65 Å². The first kappa shape index (κ1) is 27.0. The summed E-state index contributed by atoms with van der Waals surface area (Å²) in [6.45, 7) is 8.55. The Morgan fingerprint density at radius 1 is 1.03 bits per heavy atom. The number of anilines is 1. The van der Waals surface area contributed by atoms with Gasteiger partial charge in [-0.15, -0.1) is 0 Å². The fourth-order valence-electron chi connectivity index (χ4n) is 8.19. The molecule has 214 valence electrons. The fraction of sp³-hybridized carbons (Fsp3) is 0.774. The average Bonchev–Trinajstić information content (AvgIpc) is 3.69. The lowest BCUT2D eigenvalue weighted by Crippen LogP contribution is -2.59. The Labute approximate surface area is 234 Å². The highest BCUT2D eigenvalue weighted by atomic mass is 16.2. The van der Waals surface area contributed by atoms with Gasteiger partial charge in [0.25, 0.3) is 0 Å². The van der Waals surface area contributed by atoms with E-state index in [2.05, 4.69) is 48.4 Å². The number of carbonyl (C=O) groups excluding carboxylic acids is 1. The summed E-state index contributed by atoms with van der Waals surface area (Å²) in [5.41, 5.74) is 7.01. The number of nitrogens with one attached hydrogen (secondary N) is 1. The molecule has 2 aromatic rings. The van der Waals surface area contributed by atoms with E-state index in [4.69, 9.17) is 10.1 Å². The molecule has 6 rings (SSSR count). The molecule has 0 radical (unpaired) electrons. The second-order valence-electron chi connectivity index (χ2n) is 13.0. The monoisotopic (exact) mass is 536 g/mol. The van der Waals surface area contributed by atoms with E-state index in [-0.39, 0.29) is 12.1 Å². The highest BCUT2D eigenvalue weighted by Gasteiger charge is 2.55. The summed E-state index contributed by atoms with van der Waals surface area (Å²) < 4.78 is 2.82. The fourth-order valence-corrected chi connectivity index (χ4v) is 8.19. The van der Waals surface area contributed by atoms with E-state index in [1.54, 1.807) is 0 Å². The maximum absolute atomic E-state index is 14.4. The van der Waals surface area contributed by atoms with Gasteiger partial charge in [-0.3, -0.25) is 4.79 Å². The van der Waals surface area contributed by atoms with Crippen LogP contribution < -0.4 is 10.3 Å². The molecule has 1 saturated carbocycles. The quantitative estimate of drug-likeness (QED) is 0.373. The second-order valence-corrected chi connectivity index (χ2v) is 13.0. The molecule has 3 saturated heterocycles. The molecule has 0 spiro atoms. The SMILES string of the molecule is CCCCCC[N+]1(C)NC(C(=O)N2CCCCC2c2cc3nc(N4CCCC4)c(C)cn3n2)C2CCCCC21. The number of likely N-dealkylation sites (tertiary alicyclic amines) is 1. The number of nitrogens with zero attached hydrogens (tertiary/aromatic N) is 6. The number of hydrogen-bond donors (Lipinski definition) is 1. The van der Waals surface area contributed by atoms with Crippen LogP contribution in [-0.4, -0.2) is 75.3 Å². The summed E-state index contributed by atoms with van der Waals surface area (Å²) in [5, 5.41) is 5.01. The topological polar surface area (TPSA) is 65.8 Å². The minimum Gasteiger partial charge on any atom is -0.356 e. The molecule has 2 aromatic heterocycles. The van der Waals surface area contributed by atoms with E-state index in [1.807, 2.05) is 4.52 Å². The number of rotatable bonds is 8. The summed E-state index contributed by atoms with van der Waals surface area (Å²) in [4.78, 5) is 24.0. The molecule has 1 N–H and O–H groups in total. The van der Waals surface area contributed by atoms with Crippen molar-refractivity contribution in [3.63, 3.8) is 0 Å². The summed E-state index contributed by atoms with van der Waals surface area (Å²) in [6.07, 6.45) is 17.9. The van der Waals surface area contributed by atoms with Crippen molar-refractivity contribution in [2.45, 2.75) is 115 Å². The summed E-state index contributed by atoms with van der Waals surface area (Å²) in [5.74, 6) is 1.85. The maximum Gasteiger partial charge on any atom is 0.246 e. The molecule has 4 fully saturated rings. The van der Waals surface area contributed by atoms with Crippen LogP contribution >= 0.6 is 0 Å². The minimum absolute atomic E-state index is 0.0382. The van der Waals surface area contributed by atoms with E-state index in [0.29, 0.717) is 17.9 Å². The highest BCUT2D eigenvalue weighted by molar-refractivity contribution is 5.83. The van der Waals surface area contributed by atoms with Crippen LogP contribution in [0.5, 0.6) is 0 Å². The van der Waals surface area contributed by atoms with Gasteiger partial charge in [-0.25, -0.2) is 14.1 Å². The molecule has 39 heavy (non-hydrogen) atoms. The molecular weight excluding hydrogens is 486 g/mol. The number of hydrogen-bond acceptors (Lipinski definition) is 5. The molecule has 1 aliphatic carbocycles. The first-order valence-electron chi connectivity index (χ1n) is 16.0. The van der Waals surface area contributed by atoms with Crippen LogP contribution in [-0.2, 0) is 4.79 Å². The van der Waals surface area contributed by atoms with Gasteiger partial charge in [-0.2, -0.15) is 10.5 Å². The van der Waals surface area contributed by atoms with Crippen molar-refractivity contribution in [3.8, 4) is 0 Å². The number of aryl methyl sites for hydroxylation is 1. The van der Waals surface area contributed by atoms with E-state index >= 15 is 0 Å². The smallest absolute Gasteiger partial charge is 0.246 e. The van der Waals surface area contributed by atoms with Gasteiger partial charge in [-0.1, -0.05) is 26.2 Å². The van der Waals surface area contributed by atoms with Gasteiger partial charge in [0, 0.05) is 49.8 Å². The van der Waals surface area contributed by atoms with Crippen LogP contribution in [0.4, 0.5) is 5.82 Å². The summed E-state index contributed by atoms with van der Waals surface area (Å²) in [6, 6.07) is 2.67. The Morgan fingerprint density at radius 3 is 2.62 bits per heavy atom. The first-order valence-corrected chi connectivity index (χ1v) is 16.0. The number of quaternary nitrogens is 1. The van der Waals surface area contributed by atoms with Crippen molar-refractivity contribution in [1.82, 2.24) is 24.9 Å². The number of fused-ring (bicyclic) bond motifs is 2. The number of carbonyl (C=O) groups is 1. The van der Waals surface area contributed by atoms with E-state index in [9.17, 15) is 4.79 Å². The lowest BCUT2D eigenvalue weighted by Gasteiger charge is -2.38. The van der Waals surface area contributed by atoms with Crippen LogP contribution in [0.3, 0.4) is 0 Å². The molecule has 1 amide bonds. The molecule has 4 aliphatic rings.